The Morgan fingerprint density at radius 2 is 1.93 bits per heavy atom. The molecule has 1 aromatic carbocycles. The minimum absolute atomic E-state index is 0.147. The molecule has 6 heteroatoms. The Morgan fingerprint density at radius 3 is 2.67 bits per heavy atom. The SMILES string of the molecule is Cc1cc(-c2ccc(OC3CCN(C(=O)C4CCCO4)CC3)cc2)cn2ccnc12. The summed E-state index contributed by atoms with van der Waals surface area (Å²) in [5.74, 6) is 1.03. The number of aromatic nitrogens is 2. The molecule has 2 aromatic heterocycles. The van der Waals surface area contributed by atoms with Crippen molar-refractivity contribution in [3.05, 3.63) is 54.5 Å². The molecule has 3 aromatic rings. The van der Waals surface area contributed by atoms with Gasteiger partial charge in [0.05, 0.1) is 0 Å². The first kappa shape index (κ1) is 19.1. The number of hydrogen-bond donors (Lipinski definition) is 0. The number of ether oxygens (including phenoxy) is 2. The summed E-state index contributed by atoms with van der Waals surface area (Å²) in [5, 5.41) is 0. The maximum atomic E-state index is 12.5. The van der Waals surface area contributed by atoms with E-state index in [1.807, 2.05) is 29.4 Å². The van der Waals surface area contributed by atoms with Crippen LogP contribution < -0.4 is 4.74 Å². The second kappa shape index (κ2) is 8.11. The van der Waals surface area contributed by atoms with E-state index in [0.717, 1.165) is 66.9 Å². The third kappa shape index (κ3) is 3.79. The van der Waals surface area contributed by atoms with E-state index in [-0.39, 0.29) is 18.1 Å². The van der Waals surface area contributed by atoms with E-state index in [1.165, 1.54) is 0 Å². The van der Waals surface area contributed by atoms with Crippen molar-refractivity contribution in [1.82, 2.24) is 14.3 Å². The number of aryl methyl sites for hydroxylation is 1. The molecular formula is C24H27N3O3. The van der Waals surface area contributed by atoms with E-state index in [9.17, 15) is 4.79 Å². The van der Waals surface area contributed by atoms with E-state index >= 15 is 0 Å². The van der Waals surface area contributed by atoms with Crippen LogP contribution in [0, 0.1) is 6.92 Å². The van der Waals surface area contributed by atoms with Crippen molar-refractivity contribution >= 4 is 11.6 Å². The molecule has 0 spiro atoms. The predicted molar refractivity (Wildman–Crippen MR) is 115 cm³/mol. The lowest BCUT2D eigenvalue weighted by Crippen LogP contribution is -2.45. The Morgan fingerprint density at radius 1 is 1.13 bits per heavy atom. The number of carbonyl (C=O) groups is 1. The lowest BCUT2D eigenvalue weighted by Gasteiger charge is -2.33. The van der Waals surface area contributed by atoms with Crippen molar-refractivity contribution in [3.8, 4) is 16.9 Å². The zero-order chi connectivity index (χ0) is 20.5. The molecule has 0 N–H and O–H groups in total. The first-order valence-corrected chi connectivity index (χ1v) is 10.8. The summed E-state index contributed by atoms with van der Waals surface area (Å²) < 4.78 is 13.8. The molecule has 2 saturated heterocycles. The van der Waals surface area contributed by atoms with Crippen LogP contribution in [-0.2, 0) is 9.53 Å². The van der Waals surface area contributed by atoms with Gasteiger partial charge in [-0.25, -0.2) is 4.98 Å². The number of pyridine rings is 1. The number of rotatable bonds is 4. The van der Waals surface area contributed by atoms with Crippen LogP contribution in [0.1, 0.15) is 31.2 Å². The van der Waals surface area contributed by atoms with Crippen LogP contribution in [-0.4, -0.2) is 52.1 Å². The standard InChI is InChI=1S/C24H27N3O3/c1-17-15-19(16-27-13-10-25-23(17)27)18-4-6-20(7-5-18)30-21-8-11-26(12-9-21)24(28)22-3-2-14-29-22/h4-7,10,13,15-16,21-22H,2-3,8-9,11-12,14H2,1H3. The van der Waals surface area contributed by atoms with Crippen LogP contribution in [0.15, 0.2) is 48.9 Å². The minimum atomic E-state index is -0.222. The molecule has 5 rings (SSSR count). The Bertz CT molecular complexity index is 1030. The zero-order valence-electron chi connectivity index (χ0n) is 17.3. The van der Waals surface area contributed by atoms with E-state index in [1.54, 1.807) is 0 Å². The number of imidazole rings is 1. The van der Waals surface area contributed by atoms with Gasteiger partial charge in [-0.05, 0) is 54.7 Å². The lowest BCUT2D eigenvalue weighted by molar-refractivity contribution is -0.142. The Labute approximate surface area is 176 Å². The minimum Gasteiger partial charge on any atom is -0.490 e. The van der Waals surface area contributed by atoms with Crippen molar-refractivity contribution in [2.24, 2.45) is 0 Å². The molecule has 0 bridgehead atoms. The van der Waals surface area contributed by atoms with Crippen molar-refractivity contribution in [2.75, 3.05) is 19.7 Å². The third-order valence-electron chi connectivity index (χ3n) is 6.12. The number of carbonyl (C=O) groups excluding carboxylic acids is 1. The second-order valence-electron chi connectivity index (χ2n) is 8.24. The molecule has 6 nitrogen and oxygen atoms in total. The number of likely N-dealkylation sites (tertiary alicyclic amines) is 1. The molecule has 2 aliphatic heterocycles. The van der Waals surface area contributed by atoms with Gasteiger partial charge in [0, 0.05) is 51.1 Å². The van der Waals surface area contributed by atoms with Crippen LogP contribution in [0.25, 0.3) is 16.8 Å². The summed E-state index contributed by atoms with van der Waals surface area (Å²) in [7, 11) is 0. The highest BCUT2D eigenvalue weighted by Gasteiger charge is 2.31. The average Bonchev–Trinajstić information content (AvgIpc) is 3.47. The van der Waals surface area contributed by atoms with Gasteiger partial charge < -0.3 is 18.8 Å². The van der Waals surface area contributed by atoms with E-state index < -0.39 is 0 Å². The first-order chi connectivity index (χ1) is 14.7. The smallest absolute Gasteiger partial charge is 0.251 e. The molecule has 1 amide bonds. The van der Waals surface area contributed by atoms with Gasteiger partial charge >= 0.3 is 0 Å². The maximum Gasteiger partial charge on any atom is 0.251 e. The summed E-state index contributed by atoms with van der Waals surface area (Å²) in [4.78, 5) is 18.8. The molecule has 30 heavy (non-hydrogen) atoms. The summed E-state index contributed by atoms with van der Waals surface area (Å²) in [5.41, 5.74) is 4.45. The van der Waals surface area contributed by atoms with Crippen molar-refractivity contribution < 1.29 is 14.3 Å². The quantitative estimate of drug-likeness (QED) is 0.661. The fourth-order valence-corrected chi connectivity index (χ4v) is 4.45. The monoisotopic (exact) mass is 405 g/mol. The van der Waals surface area contributed by atoms with Gasteiger partial charge in [-0.2, -0.15) is 0 Å². The van der Waals surface area contributed by atoms with Crippen molar-refractivity contribution in [2.45, 2.75) is 44.8 Å². The molecular weight excluding hydrogens is 378 g/mol. The van der Waals surface area contributed by atoms with Crippen LogP contribution >= 0.6 is 0 Å². The Kier molecular flexibility index (Phi) is 5.17. The highest BCUT2D eigenvalue weighted by molar-refractivity contribution is 5.81. The molecule has 0 radical (unpaired) electrons. The van der Waals surface area contributed by atoms with Gasteiger partial charge in [0.25, 0.3) is 5.91 Å². The van der Waals surface area contributed by atoms with E-state index in [4.69, 9.17) is 9.47 Å². The molecule has 1 atom stereocenters. The van der Waals surface area contributed by atoms with Gasteiger partial charge in [-0.15, -0.1) is 0 Å². The maximum absolute atomic E-state index is 12.5. The molecule has 0 aliphatic carbocycles. The molecule has 2 aliphatic rings. The fourth-order valence-electron chi connectivity index (χ4n) is 4.45. The average molecular weight is 405 g/mol. The number of nitrogens with zero attached hydrogens (tertiary/aromatic N) is 3. The van der Waals surface area contributed by atoms with Crippen LogP contribution in [0.4, 0.5) is 0 Å². The topological polar surface area (TPSA) is 56.1 Å². The summed E-state index contributed by atoms with van der Waals surface area (Å²) in [6, 6.07) is 10.4. The predicted octanol–water partition coefficient (Wildman–Crippen LogP) is 3.86. The molecule has 4 heterocycles. The number of fused-ring (bicyclic) bond motifs is 1. The Hall–Kier alpha value is -2.86. The highest BCUT2D eigenvalue weighted by Crippen LogP contribution is 2.26. The number of piperidine rings is 1. The molecule has 156 valence electrons. The van der Waals surface area contributed by atoms with Gasteiger partial charge in [0.15, 0.2) is 0 Å². The molecule has 0 saturated carbocycles. The number of amides is 1. The van der Waals surface area contributed by atoms with Gasteiger partial charge in [-0.1, -0.05) is 12.1 Å². The fraction of sp³-hybridized carbons (Fsp3) is 0.417. The first-order valence-electron chi connectivity index (χ1n) is 10.8. The summed E-state index contributed by atoms with van der Waals surface area (Å²) >= 11 is 0. The summed E-state index contributed by atoms with van der Waals surface area (Å²) in [6.07, 6.45) is 9.38. The van der Waals surface area contributed by atoms with Crippen LogP contribution in [0.5, 0.6) is 5.75 Å². The highest BCUT2D eigenvalue weighted by atomic mass is 16.5. The number of hydrogen-bond acceptors (Lipinski definition) is 4. The molecule has 1 unspecified atom stereocenters. The van der Waals surface area contributed by atoms with Crippen LogP contribution in [0.3, 0.4) is 0 Å². The largest absolute Gasteiger partial charge is 0.490 e. The van der Waals surface area contributed by atoms with Crippen LogP contribution in [0.2, 0.25) is 0 Å². The van der Waals surface area contributed by atoms with Gasteiger partial charge in [-0.3, -0.25) is 4.79 Å². The van der Waals surface area contributed by atoms with Gasteiger partial charge in [0.1, 0.15) is 23.6 Å². The summed E-state index contributed by atoms with van der Waals surface area (Å²) in [6.45, 7) is 4.28. The zero-order valence-corrected chi connectivity index (χ0v) is 17.3. The normalized spacial score (nSPS) is 20.0. The van der Waals surface area contributed by atoms with Crippen molar-refractivity contribution in [1.29, 1.82) is 0 Å². The lowest BCUT2D eigenvalue weighted by atomic mass is 10.0. The van der Waals surface area contributed by atoms with E-state index in [0.29, 0.717) is 6.61 Å². The van der Waals surface area contributed by atoms with Crippen molar-refractivity contribution in [3.63, 3.8) is 0 Å². The van der Waals surface area contributed by atoms with E-state index in [2.05, 4.69) is 40.7 Å². The molecule has 2 fully saturated rings. The van der Waals surface area contributed by atoms with Gasteiger partial charge in [0.2, 0.25) is 0 Å². The number of benzene rings is 1. The second-order valence-corrected chi connectivity index (χ2v) is 8.24. The Balaban J connectivity index is 1.20. The third-order valence-corrected chi connectivity index (χ3v) is 6.12.